The molecular weight excluding hydrogens is 633 g/mol. The third-order valence-electron chi connectivity index (χ3n) is 9.57. The van der Waals surface area contributed by atoms with Crippen LogP contribution in [0.2, 0.25) is 0 Å². The summed E-state index contributed by atoms with van der Waals surface area (Å²) in [5.41, 5.74) is 10.8. The van der Waals surface area contributed by atoms with Gasteiger partial charge in [0.2, 0.25) is 0 Å². The summed E-state index contributed by atoms with van der Waals surface area (Å²) in [5, 5.41) is 25.6. The summed E-state index contributed by atoms with van der Waals surface area (Å²) in [6.07, 6.45) is 4.00. The van der Waals surface area contributed by atoms with Crippen LogP contribution in [-0.4, -0.2) is 28.2 Å². The molecule has 0 aliphatic heterocycles. The maximum Gasteiger partial charge on any atom is 0.0998 e. The first kappa shape index (κ1) is 33.6. The number of rotatable bonds is 8. The number of nitrogens with zero attached hydrogens (tertiary/aromatic N) is 4. The van der Waals surface area contributed by atoms with Gasteiger partial charge in [-0.05, 0) is 127 Å². The fourth-order valence-corrected chi connectivity index (χ4v) is 6.64. The Hall–Kier alpha value is -6.88. The topological polar surface area (TPSA) is 54.1 Å². The Bertz CT molecular complexity index is 2390. The van der Waals surface area contributed by atoms with Crippen LogP contribution in [0.1, 0.15) is 22.3 Å². The van der Waals surface area contributed by atoms with Crippen LogP contribution in [-0.2, 0) is 0 Å². The first-order valence-corrected chi connectivity index (χ1v) is 17.3. The van der Waals surface area contributed by atoms with E-state index in [-0.39, 0.29) is 0 Å². The van der Waals surface area contributed by atoms with Gasteiger partial charge in [-0.1, -0.05) is 97.1 Å². The number of allylic oxidation sites excluding steroid dienone is 2. The highest BCUT2D eigenvalue weighted by Crippen LogP contribution is 2.38. The van der Waals surface area contributed by atoms with E-state index in [1.807, 2.05) is 76.7 Å². The molecule has 0 saturated heterocycles. The lowest BCUT2D eigenvalue weighted by molar-refractivity contribution is 1.13. The number of benzene rings is 7. The molecule has 7 rings (SSSR count). The molecule has 52 heavy (non-hydrogen) atoms. The van der Waals surface area contributed by atoms with Crippen molar-refractivity contribution in [1.29, 1.82) is 10.5 Å². The molecule has 0 bridgehead atoms. The molecular formula is C48H38N4. The van der Waals surface area contributed by atoms with Crippen LogP contribution in [0.25, 0.3) is 67.1 Å². The van der Waals surface area contributed by atoms with E-state index in [0.717, 1.165) is 77.4 Å². The number of nitriles is 2. The molecule has 0 spiro atoms. The second-order valence-electron chi connectivity index (χ2n) is 13.4. The van der Waals surface area contributed by atoms with Crippen molar-refractivity contribution in [2.24, 2.45) is 0 Å². The van der Waals surface area contributed by atoms with E-state index in [2.05, 4.69) is 131 Å². The number of hydrogen-bond acceptors (Lipinski definition) is 4. The predicted molar refractivity (Wildman–Crippen MR) is 221 cm³/mol. The standard InChI is InChI=1S/C48H38N4/c1-51(2)45-21-17-35(18-22-45)47-29-42(28-44(32-50)40-16-14-34-10-6-8-12-38(34)26-40)48(36-19-23-46(24-20-36)52(3)4)30-41(47)27-43(31-49)39-15-13-33-9-5-7-11-37(33)25-39/h5-30H,1-4H3. The van der Waals surface area contributed by atoms with Crippen LogP contribution in [0.5, 0.6) is 0 Å². The molecule has 4 nitrogen and oxygen atoms in total. The summed E-state index contributed by atoms with van der Waals surface area (Å²) < 4.78 is 0. The lowest BCUT2D eigenvalue weighted by Gasteiger charge is -2.18. The highest BCUT2D eigenvalue weighted by Gasteiger charge is 2.15. The molecule has 7 aromatic rings. The largest absolute Gasteiger partial charge is 0.378 e. The van der Waals surface area contributed by atoms with E-state index >= 15 is 0 Å². The lowest BCUT2D eigenvalue weighted by Crippen LogP contribution is -2.08. The second kappa shape index (κ2) is 14.5. The smallest absolute Gasteiger partial charge is 0.0998 e. The number of hydrogen-bond donors (Lipinski definition) is 0. The summed E-state index contributed by atoms with van der Waals surface area (Å²) in [7, 11) is 8.12. The van der Waals surface area contributed by atoms with Gasteiger partial charge in [-0.2, -0.15) is 10.5 Å². The van der Waals surface area contributed by atoms with Crippen LogP contribution >= 0.6 is 0 Å². The van der Waals surface area contributed by atoms with Gasteiger partial charge >= 0.3 is 0 Å². The van der Waals surface area contributed by atoms with Gasteiger partial charge in [0.1, 0.15) is 0 Å². The van der Waals surface area contributed by atoms with Crippen molar-refractivity contribution < 1.29 is 0 Å². The molecule has 0 aliphatic rings. The quantitative estimate of drug-likeness (QED) is 0.119. The molecule has 0 radical (unpaired) electrons. The SMILES string of the molecule is CN(C)c1ccc(-c2cc(C=C(C#N)c3ccc4ccccc4c3)c(-c3ccc(N(C)C)cc3)cc2C=C(C#N)c2ccc3ccccc3c2)cc1. The molecule has 4 heteroatoms. The van der Waals surface area contributed by atoms with E-state index in [9.17, 15) is 10.5 Å². The lowest BCUT2D eigenvalue weighted by atomic mass is 9.88. The summed E-state index contributed by atoms with van der Waals surface area (Å²) in [4.78, 5) is 4.16. The molecule has 0 unspecified atom stereocenters. The average molecular weight is 671 g/mol. The zero-order chi connectivity index (χ0) is 36.2. The Morgan fingerprint density at radius 2 is 0.808 bits per heavy atom. The van der Waals surface area contributed by atoms with Gasteiger partial charge in [-0.15, -0.1) is 0 Å². The Morgan fingerprint density at radius 1 is 0.442 bits per heavy atom. The minimum atomic E-state index is 0.572. The highest BCUT2D eigenvalue weighted by atomic mass is 15.1. The van der Waals surface area contributed by atoms with Crippen LogP contribution in [0, 0.1) is 22.7 Å². The van der Waals surface area contributed by atoms with Crippen LogP contribution in [0.3, 0.4) is 0 Å². The molecule has 0 atom stereocenters. The van der Waals surface area contributed by atoms with Crippen LogP contribution in [0.4, 0.5) is 11.4 Å². The molecule has 0 aliphatic carbocycles. The third kappa shape index (κ3) is 6.92. The number of anilines is 2. The summed E-state index contributed by atoms with van der Waals surface area (Å²) in [6, 6.07) is 55.0. The zero-order valence-corrected chi connectivity index (χ0v) is 29.8. The Balaban J connectivity index is 1.48. The van der Waals surface area contributed by atoms with Crippen molar-refractivity contribution in [3.8, 4) is 34.4 Å². The summed E-state index contributed by atoms with van der Waals surface area (Å²) in [5.74, 6) is 0. The molecule has 0 aromatic heterocycles. The zero-order valence-electron chi connectivity index (χ0n) is 29.8. The van der Waals surface area contributed by atoms with E-state index in [4.69, 9.17) is 0 Å². The van der Waals surface area contributed by atoms with Crippen LogP contribution < -0.4 is 9.80 Å². The monoisotopic (exact) mass is 670 g/mol. The molecule has 7 aromatic carbocycles. The van der Waals surface area contributed by atoms with Gasteiger partial charge in [-0.25, -0.2) is 0 Å². The molecule has 0 saturated carbocycles. The average Bonchev–Trinajstić information content (AvgIpc) is 3.18. The maximum absolute atomic E-state index is 10.6. The van der Waals surface area contributed by atoms with Gasteiger partial charge in [0.15, 0.2) is 0 Å². The Morgan fingerprint density at radius 3 is 1.15 bits per heavy atom. The molecule has 0 fully saturated rings. The van der Waals surface area contributed by atoms with Crippen molar-refractivity contribution in [3.63, 3.8) is 0 Å². The van der Waals surface area contributed by atoms with Crippen molar-refractivity contribution in [2.45, 2.75) is 0 Å². The van der Waals surface area contributed by atoms with Crippen molar-refractivity contribution >= 4 is 56.2 Å². The summed E-state index contributed by atoms with van der Waals surface area (Å²) in [6.45, 7) is 0. The van der Waals surface area contributed by atoms with Crippen molar-refractivity contribution in [3.05, 3.63) is 168 Å². The van der Waals surface area contributed by atoms with Gasteiger partial charge < -0.3 is 9.80 Å². The fourth-order valence-electron chi connectivity index (χ4n) is 6.64. The number of fused-ring (bicyclic) bond motifs is 2. The Kier molecular flexibility index (Phi) is 9.40. The molecule has 250 valence electrons. The first-order chi connectivity index (χ1) is 25.3. The third-order valence-corrected chi connectivity index (χ3v) is 9.57. The minimum absolute atomic E-state index is 0.572. The van der Waals surface area contributed by atoms with E-state index < -0.39 is 0 Å². The van der Waals surface area contributed by atoms with E-state index in [1.54, 1.807) is 0 Å². The summed E-state index contributed by atoms with van der Waals surface area (Å²) >= 11 is 0. The second-order valence-corrected chi connectivity index (χ2v) is 13.4. The fraction of sp³-hybridized carbons (Fsp3) is 0.0833. The highest BCUT2D eigenvalue weighted by molar-refractivity contribution is 6.00. The van der Waals surface area contributed by atoms with Gasteiger partial charge in [0, 0.05) is 39.6 Å². The molecule has 0 amide bonds. The van der Waals surface area contributed by atoms with Crippen LogP contribution in [0.15, 0.2) is 146 Å². The predicted octanol–water partition coefficient (Wildman–Crippen LogP) is 11.6. The van der Waals surface area contributed by atoms with Gasteiger partial charge in [0.25, 0.3) is 0 Å². The Labute approximate surface area is 306 Å². The van der Waals surface area contributed by atoms with E-state index in [0.29, 0.717) is 11.1 Å². The minimum Gasteiger partial charge on any atom is -0.378 e. The van der Waals surface area contributed by atoms with Gasteiger partial charge in [0.05, 0.1) is 23.3 Å². The molecule has 0 N–H and O–H groups in total. The molecule has 0 heterocycles. The first-order valence-electron chi connectivity index (χ1n) is 17.3. The van der Waals surface area contributed by atoms with E-state index in [1.165, 1.54) is 0 Å². The van der Waals surface area contributed by atoms with Crippen molar-refractivity contribution in [2.75, 3.05) is 38.0 Å². The van der Waals surface area contributed by atoms with Gasteiger partial charge in [-0.3, -0.25) is 0 Å². The van der Waals surface area contributed by atoms with Crippen molar-refractivity contribution in [1.82, 2.24) is 0 Å². The maximum atomic E-state index is 10.6. The normalized spacial score (nSPS) is 11.7.